The van der Waals surface area contributed by atoms with Crippen LogP contribution >= 0.6 is 30.5 Å². The van der Waals surface area contributed by atoms with E-state index in [0.29, 0.717) is 31.0 Å². The maximum Gasteiger partial charge on any atom is 0.340 e. The van der Waals surface area contributed by atoms with E-state index in [1.165, 1.54) is 29.8 Å². The molecule has 0 radical (unpaired) electrons. The molecule has 1 aliphatic heterocycles. The molecule has 0 unspecified atom stereocenters. The van der Waals surface area contributed by atoms with Gasteiger partial charge >= 0.3 is 7.60 Å². The summed E-state index contributed by atoms with van der Waals surface area (Å²) in [5, 5.41) is 4.09. The minimum Gasteiger partial charge on any atom is -0.340 e. The fourth-order valence-electron chi connectivity index (χ4n) is 3.73. The molecule has 12 heteroatoms. The number of thiophene rings is 1. The molecule has 3 heterocycles. The smallest absolute Gasteiger partial charge is 0.340 e. The van der Waals surface area contributed by atoms with Crippen LogP contribution in [-0.2, 0) is 31.4 Å². The molecule has 2 aromatic heterocycles. The van der Waals surface area contributed by atoms with Crippen molar-refractivity contribution < 1.29 is 22.8 Å². The lowest BCUT2D eigenvalue weighted by Crippen LogP contribution is -2.37. The van der Waals surface area contributed by atoms with Crippen LogP contribution in [-0.4, -0.2) is 46.7 Å². The van der Waals surface area contributed by atoms with E-state index in [1.807, 2.05) is 0 Å². The Labute approximate surface area is 199 Å². The van der Waals surface area contributed by atoms with Gasteiger partial charge in [0.1, 0.15) is 29.0 Å². The fourth-order valence-corrected chi connectivity index (χ4v) is 6.69. The highest BCUT2D eigenvalue weighted by molar-refractivity contribution is 7.54. The number of anilines is 2. The van der Waals surface area contributed by atoms with Gasteiger partial charge in [-0.05, 0) is 44.0 Å². The van der Waals surface area contributed by atoms with Crippen molar-refractivity contribution in [1.29, 1.82) is 0 Å². The number of hydrogen-bond acceptors (Lipinski definition) is 8. The lowest BCUT2D eigenvalue weighted by molar-refractivity contribution is -0.129. The Morgan fingerprint density at radius 2 is 2.06 bits per heavy atom. The van der Waals surface area contributed by atoms with E-state index in [-0.39, 0.29) is 30.3 Å². The van der Waals surface area contributed by atoms with E-state index in [4.69, 9.17) is 20.6 Å². The second-order valence-corrected chi connectivity index (χ2v) is 10.9. The number of hydrogen-bond donors (Lipinski definition) is 1. The van der Waals surface area contributed by atoms with Crippen LogP contribution < -0.4 is 5.32 Å². The maximum atomic E-state index is 13.5. The highest BCUT2D eigenvalue weighted by atomic mass is 35.5. The van der Waals surface area contributed by atoms with Gasteiger partial charge < -0.3 is 19.3 Å². The van der Waals surface area contributed by atoms with Crippen molar-refractivity contribution in [2.75, 3.05) is 31.2 Å². The number of nitrogens with one attached hydrogen (secondary N) is 1. The first-order chi connectivity index (χ1) is 15.8. The molecule has 176 valence electrons. The molecule has 0 fully saturated rings. The first-order valence-electron chi connectivity index (χ1n) is 10.5. The van der Waals surface area contributed by atoms with Gasteiger partial charge in [0.2, 0.25) is 5.91 Å². The largest absolute Gasteiger partial charge is 0.340 e. The summed E-state index contributed by atoms with van der Waals surface area (Å²) in [4.78, 5) is 25.1. The standard InChI is InChI=1S/C21H23ClFN4O4PS/c1-3-30-32(29,31-4-2)11-18(28)27-8-7-14-17(10-27)33-21-19(14)20(24-12-25-21)26-13-5-6-16(23)15(22)9-13/h5-6,9,12H,3-4,7-8,10-11H2,1-2H3,(H,24,25,26). The maximum absolute atomic E-state index is 13.5. The zero-order valence-electron chi connectivity index (χ0n) is 18.1. The zero-order valence-corrected chi connectivity index (χ0v) is 20.6. The second kappa shape index (κ2) is 10.0. The molecule has 0 bridgehead atoms. The van der Waals surface area contributed by atoms with Gasteiger partial charge in [-0.2, -0.15) is 0 Å². The molecule has 0 atom stereocenters. The fraction of sp³-hybridized carbons (Fsp3) is 0.381. The summed E-state index contributed by atoms with van der Waals surface area (Å²) in [5.41, 5.74) is 1.67. The van der Waals surface area contributed by atoms with E-state index in [2.05, 4.69) is 15.3 Å². The predicted octanol–water partition coefficient (Wildman–Crippen LogP) is 5.38. The summed E-state index contributed by atoms with van der Waals surface area (Å²) in [6.07, 6.45) is 1.77. The van der Waals surface area contributed by atoms with Crippen molar-refractivity contribution in [1.82, 2.24) is 14.9 Å². The highest BCUT2D eigenvalue weighted by Crippen LogP contribution is 2.48. The summed E-state index contributed by atoms with van der Waals surface area (Å²) in [5.74, 6) is -0.170. The molecule has 0 saturated heterocycles. The summed E-state index contributed by atoms with van der Waals surface area (Å²) in [6, 6.07) is 4.38. The van der Waals surface area contributed by atoms with Crippen molar-refractivity contribution in [3.63, 3.8) is 0 Å². The van der Waals surface area contributed by atoms with Gasteiger partial charge in [0.05, 0.1) is 30.2 Å². The van der Waals surface area contributed by atoms with Crippen molar-refractivity contribution in [2.24, 2.45) is 0 Å². The van der Waals surface area contributed by atoms with Gasteiger partial charge in [-0.15, -0.1) is 11.3 Å². The Morgan fingerprint density at radius 1 is 1.30 bits per heavy atom. The third kappa shape index (κ3) is 5.20. The first kappa shape index (κ1) is 24.0. The molecule has 1 aromatic carbocycles. The van der Waals surface area contributed by atoms with E-state index >= 15 is 0 Å². The number of fused-ring (bicyclic) bond motifs is 3. The number of carbonyl (C=O) groups excluding carboxylic acids is 1. The second-order valence-electron chi connectivity index (χ2n) is 7.33. The quantitative estimate of drug-likeness (QED) is 0.405. The van der Waals surface area contributed by atoms with Crippen molar-refractivity contribution in [2.45, 2.75) is 26.8 Å². The SMILES string of the molecule is CCOP(=O)(CC(=O)N1CCc2c(sc3ncnc(Nc4ccc(F)c(Cl)c4)c23)C1)OCC. The molecule has 1 aliphatic rings. The Morgan fingerprint density at radius 3 is 2.76 bits per heavy atom. The molecule has 0 aliphatic carbocycles. The van der Waals surface area contributed by atoms with Crippen LogP contribution in [0.5, 0.6) is 0 Å². The molecule has 1 amide bonds. The lowest BCUT2D eigenvalue weighted by atomic mass is 10.0. The topological polar surface area (TPSA) is 93.7 Å². The number of halogens is 2. The van der Waals surface area contributed by atoms with E-state index in [0.717, 1.165) is 20.7 Å². The van der Waals surface area contributed by atoms with E-state index in [9.17, 15) is 13.8 Å². The predicted molar refractivity (Wildman–Crippen MR) is 127 cm³/mol. The van der Waals surface area contributed by atoms with E-state index < -0.39 is 13.4 Å². The average molecular weight is 513 g/mol. The minimum atomic E-state index is -3.47. The Kier molecular flexibility index (Phi) is 7.31. The molecular formula is C21H23ClFN4O4PS. The van der Waals surface area contributed by atoms with Crippen LogP contribution in [0.25, 0.3) is 10.2 Å². The monoisotopic (exact) mass is 512 g/mol. The number of aromatic nitrogens is 2. The van der Waals surface area contributed by atoms with Gasteiger partial charge in [0.25, 0.3) is 0 Å². The number of carbonyl (C=O) groups is 1. The van der Waals surface area contributed by atoms with Gasteiger partial charge in [-0.3, -0.25) is 9.36 Å². The summed E-state index contributed by atoms with van der Waals surface area (Å²) >= 11 is 7.39. The van der Waals surface area contributed by atoms with Crippen LogP contribution in [0, 0.1) is 5.82 Å². The first-order valence-corrected chi connectivity index (χ1v) is 13.4. The van der Waals surface area contributed by atoms with Crippen LogP contribution in [0.1, 0.15) is 24.3 Å². The average Bonchev–Trinajstić information content (AvgIpc) is 3.15. The van der Waals surface area contributed by atoms with E-state index in [1.54, 1.807) is 24.8 Å². The minimum absolute atomic E-state index is 0.0168. The van der Waals surface area contributed by atoms with Crippen LogP contribution in [0.2, 0.25) is 5.02 Å². The molecule has 0 saturated carbocycles. The number of rotatable bonds is 8. The summed E-state index contributed by atoms with van der Waals surface area (Å²) in [7, 11) is -3.47. The summed E-state index contributed by atoms with van der Waals surface area (Å²) < 4.78 is 36.8. The number of amides is 1. The Balaban J connectivity index is 1.57. The molecule has 33 heavy (non-hydrogen) atoms. The molecule has 8 nitrogen and oxygen atoms in total. The van der Waals surface area contributed by atoms with Gasteiger partial charge in [0.15, 0.2) is 0 Å². The summed E-state index contributed by atoms with van der Waals surface area (Å²) in [6.45, 7) is 4.69. The van der Waals surface area contributed by atoms with Crippen LogP contribution in [0.3, 0.4) is 0 Å². The van der Waals surface area contributed by atoms with Crippen molar-refractivity contribution in [3.8, 4) is 0 Å². The third-order valence-corrected chi connectivity index (χ3v) is 8.53. The van der Waals surface area contributed by atoms with Gasteiger partial charge in [-0.25, -0.2) is 14.4 Å². The zero-order chi connectivity index (χ0) is 23.6. The Bertz CT molecular complexity index is 1230. The normalized spacial score (nSPS) is 13.9. The highest BCUT2D eigenvalue weighted by Gasteiger charge is 2.33. The lowest BCUT2D eigenvalue weighted by Gasteiger charge is -2.28. The molecule has 1 N–H and O–H groups in total. The van der Waals surface area contributed by atoms with Crippen LogP contribution in [0.4, 0.5) is 15.9 Å². The number of nitrogens with zero attached hydrogens (tertiary/aromatic N) is 3. The molecule has 3 aromatic rings. The Hall–Kier alpha value is -2.10. The third-order valence-electron chi connectivity index (χ3n) is 5.15. The van der Waals surface area contributed by atoms with Gasteiger partial charge in [-0.1, -0.05) is 11.6 Å². The number of benzene rings is 1. The van der Waals surface area contributed by atoms with Crippen molar-refractivity contribution >= 4 is 58.2 Å². The molecule has 4 rings (SSSR count). The van der Waals surface area contributed by atoms with Crippen LogP contribution in [0.15, 0.2) is 24.5 Å². The molecular weight excluding hydrogens is 490 g/mol. The van der Waals surface area contributed by atoms with Gasteiger partial charge in [0, 0.05) is 17.1 Å². The molecule has 0 spiro atoms. The van der Waals surface area contributed by atoms with Crippen molar-refractivity contribution in [3.05, 3.63) is 45.8 Å².